The van der Waals surface area contributed by atoms with E-state index in [4.69, 9.17) is 0 Å². The first-order valence-electron chi connectivity index (χ1n) is 8.41. The SMILES string of the molecule is C/C(Br)=C(/C=C/C(=O)c1ccc2c(c1)CCCC2)c1ccccc1. The number of allylic oxidation sites excluding steroid dienone is 4. The van der Waals surface area contributed by atoms with Gasteiger partial charge in [-0.3, -0.25) is 4.79 Å². The molecule has 2 aromatic rings. The molecule has 0 bridgehead atoms. The zero-order chi connectivity index (χ0) is 16.9. The van der Waals surface area contributed by atoms with E-state index in [2.05, 4.69) is 28.1 Å². The first-order chi connectivity index (χ1) is 11.6. The van der Waals surface area contributed by atoms with Crippen LogP contribution in [-0.4, -0.2) is 5.78 Å². The third-order valence-corrected chi connectivity index (χ3v) is 4.92. The molecule has 0 saturated heterocycles. The first kappa shape index (κ1) is 16.9. The van der Waals surface area contributed by atoms with Crippen LogP contribution >= 0.6 is 15.9 Å². The van der Waals surface area contributed by atoms with Crippen molar-refractivity contribution in [2.45, 2.75) is 32.6 Å². The van der Waals surface area contributed by atoms with Crippen LogP contribution in [0.3, 0.4) is 0 Å². The Morgan fingerprint density at radius 1 is 0.917 bits per heavy atom. The molecule has 0 aliphatic heterocycles. The molecule has 1 nitrogen and oxygen atoms in total. The third-order valence-electron chi connectivity index (χ3n) is 4.49. The first-order valence-corrected chi connectivity index (χ1v) is 9.20. The van der Waals surface area contributed by atoms with Crippen LogP contribution in [0.1, 0.15) is 46.8 Å². The summed E-state index contributed by atoms with van der Waals surface area (Å²) in [6.07, 6.45) is 8.30. The average Bonchev–Trinajstić information content (AvgIpc) is 2.62. The van der Waals surface area contributed by atoms with Crippen molar-refractivity contribution in [2.24, 2.45) is 0 Å². The molecular weight excluding hydrogens is 360 g/mol. The molecule has 0 N–H and O–H groups in total. The fraction of sp³-hybridized carbons (Fsp3) is 0.227. The van der Waals surface area contributed by atoms with Gasteiger partial charge in [-0.05, 0) is 77.6 Å². The highest BCUT2D eigenvalue weighted by molar-refractivity contribution is 9.11. The third kappa shape index (κ3) is 3.93. The highest BCUT2D eigenvalue weighted by Gasteiger charge is 2.11. The molecule has 2 heteroatoms. The Bertz CT molecular complexity index is 796. The lowest BCUT2D eigenvalue weighted by molar-refractivity contribution is 0.104. The summed E-state index contributed by atoms with van der Waals surface area (Å²) in [5.74, 6) is 0.0607. The van der Waals surface area contributed by atoms with Gasteiger partial charge in [-0.25, -0.2) is 0 Å². The predicted molar refractivity (Wildman–Crippen MR) is 105 cm³/mol. The Hall–Kier alpha value is -1.93. The lowest BCUT2D eigenvalue weighted by Gasteiger charge is -2.15. The number of aryl methyl sites for hydroxylation is 2. The molecule has 0 aromatic heterocycles. The van der Waals surface area contributed by atoms with Gasteiger partial charge < -0.3 is 0 Å². The highest BCUT2D eigenvalue weighted by Crippen LogP contribution is 2.25. The summed E-state index contributed by atoms with van der Waals surface area (Å²) in [5, 5.41) is 0. The monoisotopic (exact) mass is 380 g/mol. The summed E-state index contributed by atoms with van der Waals surface area (Å²) >= 11 is 3.55. The average molecular weight is 381 g/mol. The molecule has 0 radical (unpaired) electrons. The van der Waals surface area contributed by atoms with E-state index >= 15 is 0 Å². The van der Waals surface area contributed by atoms with E-state index in [1.54, 1.807) is 6.08 Å². The van der Waals surface area contributed by atoms with E-state index in [1.165, 1.54) is 24.0 Å². The fourth-order valence-electron chi connectivity index (χ4n) is 3.17. The van der Waals surface area contributed by atoms with Gasteiger partial charge in [0.25, 0.3) is 0 Å². The molecule has 24 heavy (non-hydrogen) atoms. The standard InChI is InChI=1S/C22H21BrO/c1-16(23)21(18-8-3-2-4-9-18)13-14-22(24)20-12-11-17-7-5-6-10-19(17)15-20/h2-4,8-9,11-15H,5-7,10H2,1H3/b14-13+,21-16+. The van der Waals surface area contributed by atoms with Gasteiger partial charge in [0.15, 0.2) is 5.78 Å². The second-order valence-electron chi connectivity index (χ2n) is 6.20. The number of halogens is 1. The second-order valence-corrected chi connectivity index (χ2v) is 7.39. The minimum absolute atomic E-state index is 0.0607. The number of fused-ring (bicyclic) bond motifs is 1. The summed E-state index contributed by atoms with van der Waals surface area (Å²) in [4.78, 5) is 12.6. The molecule has 0 heterocycles. The summed E-state index contributed by atoms with van der Waals surface area (Å²) in [5.41, 5.74) is 5.66. The van der Waals surface area contributed by atoms with E-state index < -0.39 is 0 Å². The van der Waals surface area contributed by atoms with Crippen molar-refractivity contribution in [3.05, 3.63) is 87.4 Å². The lowest BCUT2D eigenvalue weighted by Crippen LogP contribution is -2.05. The van der Waals surface area contributed by atoms with Crippen molar-refractivity contribution >= 4 is 27.3 Å². The number of rotatable bonds is 4. The number of ketones is 1. The van der Waals surface area contributed by atoms with Gasteiger partial charge in [0, 0.05) is 5.56 Å². The number of benzene rings is 2. The van der Waals surface area contributed by atoms with E-state index in [0.717, 1.165) is 34.0 Å². The van der Waals surface area contributed by atoms with Gasteiger partial charge in [-0.15, -0.1) is 0 Å². The minimum atomic E-state index is 0.0607. The minimum Gasteiger partial charge on any atom is -0.289 e. The summed E-state index contributed by atoms with van der Waals surface area (Å²) < 4.78 is 1.02. The van der Waals surface area contributed by atoms with Crippen LogP contribution in [0.2, 0.25) is 0 Å². The molecule has 1 aliphatic rings. The molecule has 122 valence electrons. The Morgan fingerprint density at radius 2 is 1.62 bits per heavy atom. The molecule has 0 atom stereocenters. The molecule has 0 unspecified atom stereocenters. The van der Waals surface area contributed by atoms with Crippen molar-refractivity contribution in [1.82, 2.24) is 0 Å². The summed E-state index contributed by atoms with van der Waals surface area (Å²) in [7, 11) is 0. The van der Waals surface area contributed by atoms with Gasteiger partial charge >= 0.3 is 0 Å². The number of hydrogen-bond donors (Lipinski definition) is 0. The maximum atomic E-state index is 12.6. The number of carbonyl (C=O) groups is 1. The zero-order valence-corrected chi connectivity index (χ0v) is 15.5. The Kier molecular flexibility index (Phi) is 5.47. The van der Waals surface area contributed by atoms with E-state index in [1.807, 2.05) is 49.4 Å². The maximum Gasteiger partial charge on any atom is 0.185 e. The van der Waals surface area contributed by atoms with Gasteiger partial charge in [0.2, 0.25) is 0 Å². The van der Waals surface area contributed by atoms with Gasteiger partial charge in [0.1, 0.15) is 0 Å². The van der Waals surface area contributed by atoms with Crippen molar-refractivity contribution < 1.29 is 4.79 Å². The Morgan fingerprint density at radius 3 is 2.33 bits per heavy atom. The Balaban J connectivity index is 1.83. The molecule has 0 amide bonds. The van der Waals surface area contributed by atoms with Crippen LogP contribution in [-0.2, 0) is 12.8 Å². The maximum absolute atomic E-state index is 12.6. The molecule has 2 aromatic carbocycles. The zero-order valence-electron chi connectivity index (χ0n) is 13.9. The van der Waals surface area contributed by atoms with Crippen molar-refractivity contribution in [3.63, 3.8) is 0 Å². The molecule has 1 aliphatic carbocycles. The molecule has 0 spiro atoms. The normalized spacial score (nSPS) is 15.1. The quantitative estimate of drug-likeness (QED) is 0.354. The molecule has 0 fully saturated rings. The Labute approximate surface area is 152 Å². The van der Waals surface area contributed by atoms with Crippen molar-refractivity contribution in [2.75, 3.05) is 0 Å². The van der Waals surface area contributed by atoms with Gasteiger partial charge in [0.05, 0.1) is 0 Å². The van der Waals surface area contributed by atoms with Crippen LogP contribution in [0.5, 0.6) is 0 Å². The van der Waals surface area contributed by atoms with Crippen LogP contribution in [0, 0.1) is 0 Å². The van der Waals surface area contributed by atoms with Crippen LogP contribution in [0.25, 0.3) is 5.57 Å². The second kappa shape index (κ2) is 7.76. The van der Waals surface area contributed by atoms with Crippen LogP contribution in [0.4, 0.5) is 0 Å². The van der Waals surface area contributed by atoms with Gasteiger partial charge in [-0.2, -0.15) is 0 Å². The lowest BCUT2D eigenvalue weighted by atomic mass is 9.89. The molecule has 0 saturated carbocycles. The van der Waals surface area contributed by atoms with Crippen LogP contribution in [0.15, 0.2) is 65.2 Å². The number of hydrogen-bond acceptors (Lipinski definition) is 1. The van der Waals surface area contributed by atoms with Gasteiger partial charge in [-0.1, -0.05) is 58.4 Å². The number of carbonyl (C=O) groups excluding carboxylic acids is 1. The van der Waals surface area contributed by atoms with Crippen molar-refractivity contribution in [3.8, 4) is 0 Å². The predicted octanol–water partition coefficient (Wildman–Crippen LogP) is 6.13. The summed E-state index contributed by atoms with van der Waals surface area (Å²) in [6.45, 7) is 2.00. The highest BCUT2D eigenvalue weighted by atomic mass is 79.9. The van der Waals surface area contributed by atoms with E-state index in [9.17, 15) is 4.79 Å². The topological polar surface area (TPSA) is 17.1 Å². The molecular formula is C22H21BrO. The fourth-order valence-corrected chi connectivity index (χ4v) is 3.53. The van der Waals surface area contributed by atoms with Crippen molar-refractivity contribution in [1.29, 1.82) is 0 Å². The largest absolute Gasteiger partial charge is 0.289 e. The molecule has 3 rings (SSSR count). The van der Waals surface area contributed by atoms with E-state index in [0.29, 0.717) is 0 Å². The van der Waals surface area contributed by atoms with Crippen LogP contribution < -0.4 is 0 Å². The van der Waals surface area contributed by atoms with E-state index in [-0.39, 0.29) is 5.78 Å². The smallest absolute Gasteiger partial charge is 0.185 e. The summed E-state index contributed by atoms with van der Waals surface area (Å²) in [6, 6.07) is 16.3.